The summed E-state index contributed by atoms with van der Waals surface area (Å²) in [6, 6.07) is 0. The summed E-state index contributed by atoms with van der Waals surface area (Å²) in [5.41, 5.74) is 9.54. The van der Waals surface area contributed by atoms with Crippen molar-refractivity contribution in [2.75, 3.05) is 5.73 Å². The summed E-state index contributed by atoms with van der Waals surface area (Å²) in [5, 5.41) is 4.76. The molecule has 2 N–H and O–H groups in total. The average Bonchev–Trinajstić information content (AvgIpc) is 2.65. The lowest BCUT2D eigenvalue weighted by Crippen LogP contribution is -2.49. The number of hydrogen-bond donors (Lipinski definition) is 1. The third-order valence-corrected chi connectivity index (χ3v) is 6.23. The highest BCUT2D eigenvalue weighted by atomic mass is 15.3. The Morgan fingerprint density at radius 2 is 1.60 bits per heavy atom. The summed E-state index contributed by atoms with van der Waals surface area (Å²) < 4.78 is 1.92. The first-order valence-electron chi connectivity index (χ1n) is 8.31. The van der Waals surface area contributed by atoms with Crippen LogP contribution in [0.15, 0.2) is 0 Å². The van der Waals surface area contributed by atoms with E-state index in [-0.39, 0.29) is 0 Å². The fourth-order valence-corrected chi connectivity index (χ4v) is 5.92. The van der Waals surface area contributed by atoms with Crippen molar-refractivity contribution in [2.45, 2.75) is 63.7 Å². The minimum Gasteiger partial charge on any atom is -0.384 e. The van der Waals surface area contributed by atoms with E-state index in [0.717, 1.165) is 23.6 Å². The van der Waals surface area contributed by atoms with Gasteiger partial charge in [-0.15, -0.1) is 0 Å². The number of aromatic nitrogens is 2. The summed E-state index contributed by atoms with van der Waals surface area (Å²) in [5.74, 6) is 4.29. The van der Waals surface area contributed by atoms with Crippen LogP contribution in [0.2, 0.25) is 0 Å². The monoisotopic (exact) mass is 273 g/mol. The Bertz CT molecular complexity index is 505. The summed E-state index contributed by atoms with van der Waals surface area (Å²) >= 11 is 0. The topological polar surface area (TPSA) is 43.8 Å². The van der Waals surface area contributed by atoms with E-state index in [1.807, 2.05) is 11.7 Å². The van der Waals surface area contributed by atoms with Crippen LogP contribution in [0.4, 0.5) is 5.82 Å². The Morgan fingerprint density at radius 1 is 1.10 bits per heavy atom. The van der Waals surface area contributed by atoms with Crippen LogP contribution in [-0.4, -0.2) is 9.78 Å². The van der Waals surface area contributed by atoms with Crippen LogP contribution in [0.3, 0.4) is 0 Å². The van der Waals surface area contributed by atoms with Gasteiger partial charge in [-0.2, -0.15) is 5.10 Å². The number of nitrogens with zero attached hydrogens (tertiary/aromatic N) is 2. The fraction of sp³-hybridized carbons (Fsp3) is 0.824. The first-order valence-corrected chi connectivity index (χ1v) is 8.31. The molecule has 110 valence electrons. The second-order valence-corrected chi connectivity index (χ2v) is 8.12. The van der Waals surface area contributed by atoms with Crippen LogP contribution in [0.5, 0.6) is 0 Å². The number of anilines is 1. The Hall–Kier alpha value is -0.990. The standard InChI is InChI=1S/C17H27N3/c1-10(2)15-14(16(18)20(3)19-15)17-7-11-4-12(8-17)6-13(5-11)9-17/h10-13H,4-9,18H2,1-3H3. The maximum Gasteiger partial charge on any atom is 0.125 e. The van der Waals surface area contributed by atoms with Crippen LogP contribution >= 0.6 is 0 Å². The molecule has 0 unspecified atom stereocenters. The molecule has 1 heterocycles. The minimum absolute atomic E-state index is 0.368. The van der Waals surface area contributed by atoms with E-state index < -0.39 is 0 Å². The van der Waals surface area contributed by atoms with E-state index in [4.69, 9.17) is 10.8 Å². The van der Waals surface area contributed by atoms with Gasteiger partial charge in [0.25, 0.3) is 0 Å². The van der Waals surface area contributed by atoms with Crippen LogP contribution in [0.1, 0.15) is 69.5 Å². The molecule has 1 aromatic rings. The molecule has 0 radical (unpaired) electrons. The molecule has 0 aliphatic heterocycles. The van der Waals surface area contributed by atoms with Gasteiger partial charge in [0.05, 0.1) is 5.69 Å². The number of nitrogens with two attached hydrogens (primary N) is 1. The molecule has 4 aliphatic carbocycles. The Kier molecular flexibility index (Phi) is 2.56. The molecular formula is C17H27N3. The summed E-state index contributed by atoms with van der Waals surface area (Å²) in [7, 11) is 2.01. The first-order chi connectivity index (χ1) is 9.48. The zero-order chi connectivity index (χ0) is 14.1. The average molecular weight is 273 g/mol. The largest absolute Gasteiger partial charge is 0.384 e. The van der Waals surface area contributed by atoms with Gasteiger partial charge in [-0.3, -0.25) is 4.68 Å². The Balaban J connectivity index is 1.84. The fourth-order valence-electron chi connectivity index (χ4n) is 5.92. The Labute approximate surface area is 121 Å². The third-order valence-electron chi connectivity index (χ3n) is 6.23. The molecule has 5 rings (SSSR count). The molecule has 3 heteroatoms. The van der Waals surface area contributed by atoms with Crippen molar-refractivity contribution in [2.24, 2.45) is 24.8 Å². The molecule has 0 saturated heterocycles. The van der Waals surface area contributed by atoms with Gasteiger partial charge in [0.2, 0.25) is 0 Å². The number of hydrogen-bond acceptors (Lipinski definition) is 2. The van der Waals surface area contributed by atoms with Gasteiger partial charge in [0, 0.05) is 18.0 Å². The van der Waals surface area contributed by atoms with E-state index in [0.29, 0.717) is 11.3 Å². The molecular weight excluding hydrogens is 246 g/mol. The zero-order valence-electron chi connectivity index (χ0n) is 13.0. The normalized spacial score (nSPS) is 38.9. The lowest BCUT2D eigenvalue weighted by atomic mass is 9.47. The van der Waals surface area contributed by atoms with Gasteiger partial charge >= 0.3 is 0 Å². The molecule has 0 atom stereocenters. The van der Waals surface area contributed by atoms with Crippen LogP contribution < -0.4 is 5.73 Å². The molecule has 3 nitrogen and oxygen atoms in total. The van der Waals surface area contributed by atoms with E-state index in [2.05, 4.69) is 13.8 Å². The summed E-state index contributed by atoms with van der Waals surface area (Å²) in [6.45, 7) is 4.51. The summed E-state index contributed by atoms with van der Waals surface area (Å²) in [4.78, 5) is 0. The van der Waals surface area contributed by atoms with Crippen molar-refractivity contribution in [3.63, 3.8) is 0 Å². The molecule has 0 spiro atoms. The summed E-state index contributed by atoms with van der Waals surface area (Å²) in [6.07, 6.45) is 8.56. The molecule has 0 aromatic carbocycles. The highest BCUT2D eigenvalue weighted by Gasteiger charge is 2.53. The molecule has 4 bridgehead atoms. The van der Waals surface area contributed by atoms with E-state index in [1.165, 1.54) is 49.8 Å². The van der Waals surface area contributed by atoms with Crippen molar-refractivity contribution < 1.29 is 0 Å². The van der Waals surface area contributed by atoms with Crippen molar-refractivity contribution in [1.82, 2.24) is 9.78 Å². The number of aryl methyl sites for hydroxylation is 1. The molecule has 4 fully saturated rings. The van der Waals surface area contributed by atoms with E-state index in [9.17, 15) is 0 Å². The number of nitrogen functional groups attached to an aromatic ring is 1. The predicted molar refractivity (Wildman–Crippen MR) is 81.6 cm³/mol. The lowest BCUT2D eigenvalue weighted by molar-refractivity contribution is -0.00533. The SMILES string of the molecule is CC(C)c1nn(C)c(N)c1C12CC3CC(CC(C3)C1)C2. The van der Waals surface area contributed by atoms with E-state index in [1.54, 1.807) is 0 Å². The molecule has 20 heavy (non-hydrogen) atoms. The van der Waals surface area contributed by atoms with Gasteiger partial charge in [0.1, 0.15) is 5.82 Å². The Morgan fingerprint density at radius 3 is 2.05 bits per heavy atom. The van der Waals surface area contributed by atoms with Gasteiger partial charge < -0.3 is 5.73 Å². The highest BCUT2D eigenvalue weighted by molar-refractivity contribution is 5.51. The third kappa shape index (κ3) is 1.61. The second-order valence-electron chi connectivity index (χ2n) is 8.12. The van der Waals surface area contributed by atoms with Crippen LogP contribution in [0, 0.1) is 17.8 Å². The maximum absolute atomic E-state index is 6.46. The molecule has 1 aromatic heterocycles. The predicted octanol–water partition coefficient (Wildman–Crippen LogP) is 3.59. The highest BCUT2D eigenvalue weighted by Crippen LogP contribution is 2.62. The van der Waals surface area contributed by atoms with Crippen LogP contribution in [-0.2, 0) is 12.5 Å². The molecule has 4 aliphatic rings. The molecule has 4 saturated carbocycles. The van der Waals surface area contributed by atoms with Crippen LogP contribution in [0.25, 0.3) is 0 Å². The van der Waals surface area contributed by atoms with Crippen molar-refractivity contribution >= 4 is 5.82 Å². The van der Waals surface area contributed by atoms with Gasteiger partial charge in [-0.1, -0.05) is 13.8 Å². The first kappa shape index (κ1) is 12.7. The van der Waals surface area contributed by atoms with Gasteiger partial charge in [-0.05, 0) is 62.2 Å². The van der Waals surface area contributed by atoms with Gasteiger partial charge in [-0.25, -0.2) is 0 Å². The van der Waals surface area contributed by atoms with Crippen molar-refractivity contribution in [3.05, 3.63) is 11.3 Å². The quantitative estimate of drug-likeness (QED) is 0.895. The van der Waals surface area contributed by atoms with Crippen molar-refractivity contribution in [1.29, 1.82) is 0 Å². The smallest absolute Gasteiger partial charge is 0.125 e. The molecule has 0 amide bonds. The maximum atomic E-state index is 6.46. The number of rotatable bonds is 2. The second kappa shape index (κ2) is 4.02. The van der Waals surface area contributed by atoms with Crippen molar-refractivity contribution in [3.8, 4) is 0 Å². The lowest BCUT2D eigenvalue weighted by Gasteiger charge is -2.57. The van der Waals surface area contributed by atoms with E-state index >= 15 is 0 Å². The van der Waals surface area contributed by atoms with Gasteiger partial charge in [0.15, 0.2) is 0 Å². The zero-order valence-corrected chi connectivity index (χ0v) is 13.0. The minimum atomic E-state index is 0.368.